The van der Waals surface area contributed by atoms with E-state index < -0.39 is 0 Å². The van der Waals surface area contributed by atoms with Crippen molar-refractivity contribution in [1.82, 2.24) is 15.6 Å². The Morgan fingerprint density at radius 3 is 3.29 bits per heavy atom. The number of hydrogen-bond acceptors (Lipinski definition) is 3. The minimum Gasteiger partial charge on any atom is -0.315 e. The number of aryl methyl sites for hydroxylation is 1. The summed E-state index contributed by atoms with van der Waals surface area (Å²) < 4.78 is 0. The van der Waals surface area contributed by atoms with Gasteiger partial charge in [0.2, 0.25) is 0 Å². The first-order valence-corrected chi connectivity index (χ1v) is 5.21. The minimum atomic E-state index is 0.622. The van der Waals surface area contributed by atoms with E-state index in [1.807, 2.05) is 12.3 Å². The molecule has 1 aliphatic rings. The SMILES string of the molecule is Cc1cccnc1CNC1CCNC1. The number of pyridine rings is 1. The van der Waals surface area contributed by atoms with Crippen LogP contribution in [0.1, 0.15) is 17.7 Å². The van der Waals surface area contributed by atoms with Gasteiger partial charge in [-0.2, -0.15) is 0 Å². The molecule has 1 aromatic heterocycles. The lowest BCUT2D eigenvalue weighted by Gasteiger charge is -2.11. The van der Waals surface area contributed by atoms with Crippen molar-refractivity contribution in [2.45, 2.75) is 25.9 Å². The fraction of sp³-hybridized carbons (Fsp3) is 0.545. The van der Waals surface area contributed by atoms with E-state index in [-0.39, 0.29) is 0 Å². The van der Waals surface area contributed by atoms with E-state index in [4.69, 9.17) is 0 Å². The van der Waals surface area contributed by atoms with Crippen LogP contribution in [0.15, 0.2) is 18.3 Å². The lowest BCUT2D eigenvalue weighted by atomic mass is 10.2. The highest BCUT2D eigenvalue weighted by Gasteiger charge is 2.13. The summed E-state index contributed by atoms with van der Waals surface area (Å²) in [5, 5.41) is 6.85. The van der Waals surface area contributed by atoms with Crippen LogP contribution in [0.4, 0.5) is 0 Å². The molecule has 0 amide bonds. The summed E-state index contributed by atoms with van der Waals surface area (Å²) in [5.74, 6) is 0. The molecule has 1 unspecified atom stereocenters. The molecule has 14 heavy (non-hydrogen) atoms. The molecule has 2 rings (SSSR count). The predicted molar refractivity (Wildman–Crippen MR) is 57.1 cm³/mol. The molecule has 0 aliphatic carbocycles. The van der Waals surface area contributed by atoms with Crippen LogP contribution in [0.3, 0.4) is 0 Å². The lowest BCUT2D eigenvalue weighted by molar-refractivity contribution is 0.540. The number of aromatic nitrogens is 1. The Morgan fingerprint density at radius 1 is 1.64 bits per heavy atom. The smallest absolute Gasteiger partial charge is 0.0570 e. The van der Waals surface area contributed by atoms with Gasteiger partial charge in [-0.05, 0) is 31.5 Å². The highest BCUT2D eigenvalue weighted by Crippen LogP contribution is 2.04. The van der Waals surface area contributed by atoms with Crippen molar-refractivity contribution in [3.8, 4) is 0 Å². The first-order valence-electron chi connectivity index (χ1n) is 5.21. The van der Waals surface area contributed by atoms with Crippen LogP contribution < -0.4 is 10.6 Å². The Balaban J connectivity index is 1.88. The zero-order valence-electron chi connectivity index (χ0n) is 8.59. The summed E-state index contributed by atoms with van der Waals surface area (Å²) >= 11 is 0. The zero-order chi connectivity index (χ0) is 9.80. The predicted octanol–water partition coefficient (Wildman–Crippen LogP) is 0.842. The van der Waals surface area contributed by atoms with Gasteiger partial charge in [0.1, 0.15) is 0 Å². The number of rotatable bonds is 3. The van der Waals surface area contributed by atoms with Crippen LogP contribution >= 0.6 is 0 Å². The maximum Gasteiger partial charge on any atom is 0.0570 e. The van der Waals surface area contributed by atoms with E-state index in [1.165, 1.54) is 17.7 Å². The third-order valence-corrected chi connectivity index (χ3v) is 2.74. The van der Waals surface area contributed by atoms with Crippen LogP contribution in [-0.4, -0.2) is 24.1 Å². The van der Waals surface area contributed by atoms with Crippen molar-refractivity contribution >= 4 is 0 Å². The summed E-state index contributed by atoms with van der Waals surface area (Å²) in [7, 11) is 0. The first-order chi connectivity index (χ1) is 6.86. The number of hydrogen-bond donors (Lipinski definition) is 2. The fourth-order valence-corrected chi connectivity index (χ4v) is 1.77. The molecule has 2 heterocycles. The summed E-state index contributed by atoms with van der Waals surface area (Å²) in [5.41, 5.74) is 2.44. The van der Waals surface area contributed by atoms with Crippen molar-refractivity contribution in [3.63, 3.8) is 0 Å². The Bertz CT molecular complexity index is 292. The highest BCUT2D eigenvalue weighted by atomic mass is 15.0. The molecule has 0 bridgehead atoms. The van der Waals surface area contributed by atoms with Crippen molar-refractivity contribution < 1.29 is 0 Å². The average Bonchev–Trinajstić information content (AvgIpc) is 2.69. The van der Waals surface area contributed by atoms with E-state index in [2.05, 4.69) is 28.6 Å². The van der Waals surface area contributed by atoms with Crippen LogP contribution in [-0.2, 0) is 6.54 Å². The summed E-state index contributed by atoms with van der Waals surface area (Å²) in [6, 6.07) is 4.71. The Hall–Kier alpha value is -0.930. The van der Waals surface area contributed by atoms with Gasteiger partial charge in [-0.25, -0.2) is 0 Å². The van der Waals surface area contributed by atoms with Gasteiger partial charge in [0.05, 0.1) is 5.69 Å². The second-order valence-corrected chi connectivity index (χ2v) is 3.84. The standard InChI is InChI=1S/C11H17N3/c1-9-3-2-5-13-11(9)8-14-10-4-6-12-7-10/h2-3,5,10,12,14H,4,6-8H2,1H3. The van der Waals surface area contributed by atoms with Crippen LogP contribution in [0.5, 0.6) is 0 Å². The monoisotopic (exact) mass is 191 g/mol. The summed E-state index contributed by atoms with van der Waals surface area (Å²) in [4.78, 5) is 4.36. The molecule has 1 aromatic rings. The molecule has 1 aliphatic heterocycles. The maximum atomic E-state index is 4.36. The van der Waals surface area contributed by atoms with Crippen molar-refractivity contribution in [1.29, 1.82) is 0 Å². The van der Waals surface area contributed by atoms with Crippen LogP contribution in [0, 0.1) is 6.92 Å². The zero-order valence-corrected chi connectivity index (χ0v) is 8.59. The van der Waals surface area contributed by atoms with Gasteiger partial charge in [-0.3, -0.25) is 4.98 Å². The maximum absolute atomic E-state index is 4.36. The quantitative estimate of drug-likeness (QED) is 0.743. The normalized spacial score (nSPS) is 21.4. The Labute approximate surface area is 84.9 Å². The fourth-order valence-electron chi connectivity index (χ4n) is 1.77. The lowest BCUT2D eigenvalue weighted by Crippen LogP contribution is -2.30. The third-order valence-electron chi connectivity index (χ3n) is 2.74. The third kappa shape index (κ3) is 2.30. The molecule has 76 valence electrons. The molecular weight excluding hydrogens is 174 g/mol. The largest absolute Gasteiger partial charge is 0.315 e. The molecule has 0 aromatic carbocycles. The molecule has 1 saturated heterocycles. The van der Waals surface area contributed by atoms with E-state index >= 15 is 0 Å². The van der Waals surface area contributed by atoms with Crippen LogP contribution in [0.25, 0.3) is 0 Å². The van der Waals surface area contributed by atoms with Gasteiger partial charge >= 0.3 is 0 Å². The van der Waals surface area contributed by atoms with Gasteiger partial charge in [-0.1, -0.05) is 6.07 Å². The molecule has 3 nitrogen and oxygen atoms in total. The molecule has 1 atom stereocenters. The second kappa shape index (κ2) is 4.53. The van der Waals surface area contributed by atoms with Crippen molar-refractivity contribution in [2.24, 2.45) is 0 Å². The first kappa shape index (κ1) is 9.62. The highest BCUT2D eigenvalue weighted by molar-refractivity contribution is 5.17. The van der Waals surface area contributed by atoms with Gasteiger partial charge in [0.15, 0.2) is 0 Å². The summed E-state index contributed by atoms with van der Waals surface area (Å²) in [6.45, 7) is 5.22. The van der Waals surface area contributed by atoms with E-state index in [0.29, 0.717) is 6.04 Å². The van der Waals surface area contributed by atoms with Gasteiger partial charge in [0.25, 0.3) is 0 Å². The van der Waals surface area contributed by atoms with Crippen molar-refractivity contribution in [2.75, 3.05) is 13.1 Å². The van der Waals surface area contributed by atoms with Gasteiger partial charge < -0.3 is 10.6 Å². The minimum absolute atomic E-state index is 0.622. The second-order valence-electron chi connectivity index (χ2n) is 3.84. The van der Waals surface area contributed by atoms with E-state index in [0.717, 1.165) is 19.6 Å². The summed E-state index contributed by atoms with van der Waals surface area (Å²) in [6.07, 6.45) is 3.09. The molecule has 3 heteroatoms. The Kier molecular flexibility index (Phi) is 3.11. The Morgan fingerprint density at radius 2 is 2.57 bits per heavy atom. The van der Waals surface area contributed by atoms with Crippen LogP contribution in [0.2, 0.25) is 0 Å². The molecule has 0 spiro atoms. The van der Waals surface area contributed by atoms with Gasteiger partial charge in [0, 0.05) is 25.3 Å². The number of nitrogens with one attached hydrogen (secondary N) is 2. The molecule has 2 N–H and O–H groups in total. The van der Waals surface area contributed by atoms with Crippen molar-refractivity contribution in [3.05, 3.63) is 29.6 Å². The average molecular weight is 191 g/mol. The topological polar surface area (TPSA) is 37.0 Å². The van der Waals surface area contributed by atoms with E-state index in [1.54, 1.807) is 0 Å². The molecular formula is C11H17N3. The molecule has 0 saturated carbocycles. The van der Waals surface area contributed by atoms with Gasteiger partial charge in [-0.15, -0.1) is 0 Å². The molecule has 0 radical (unpaired) electrons. The van der Waals surface area contributed by atoms with E-state index in [9.17, 15) is 0 Å². The number of nitrogens with zero attached hydrogens (tertiary/aromatic N) is 1. The molecule has 1 fully saturated rings.